The van der Waals surface area contributed by atoms with Gasteiger partial charge in [-0.15, -0.1) is 0 Å². The first kappa shape index (κ1) is 14.3. The van der Waals surface area contributed by atoms with Crippen molar-refractivity contribution in [2.24, 2.45) is 0 Å². The Bertz CT molecular complexity index is 637. The molecule has 1 saturated heterocycles. The van der Waals surface area contributed by atoms with Crippen LogP contribution in [0.15, 0.2) is 41.3 Å². The van der Waals surface area contributed by atoms with Crippen LogP contribution in [0.5, 0.6) is 0 Å². The summed E-state index contributed by atoms with van der Waals surface area (Å²) in [5, 5.41) is 0. The van der Waals surface area contributed by atoms with Crippen molar-refractivity contribution >= 4 is 27.4 Å². The summed E-state index contributed by atoms with van der Waals surface area (Å²) in [6.07, 6.45) is 1.56. The molecule has 1 atom stereocenters. The van der Waals surface area contributed by atoms with Crippen molar-refractivity contribution in [1.29, 1.82) is 0 Å². The third-order valence-corrected chi connectivity index (χ3v) is 4.15. The minimum Gasteiger partial charge on any atom is -0.368 e. The van der Waals surface area contributed by atoms with Crippen LogP contribution >= 0.6 is 15.9 Å². The quantitative estimate of drug-likeness (QED) is 0.779. The molecule has 0 aliphatic carbocycles. The van der Waals surface area contributed by atoms with E-state index in [1.807, 2.05) is 12.1 Å². The number of aromatic nitrogens is 2. The molecular weight excluding hydrogens is 335 g/mol. The van der Waals surface area contributed by atoms with Crippen LogP contribution in [-0.4, -0.2) is 35.6 Å². The summed E-state index contributed by atoms with van der Waals surface area (Å²) in [6.45, 7) is 4.68. The molecule has 0 amide bonds. The third kappa shape index (κ3) is 3.15. The summed E-state index contributed by atoms with van der Waals surface area (Å²) in [4.78, 5) is 12.9. The number of hydrogen-bond donors (Lipinski definition) is 0. The Labute approximate surface area is 131 Å². The molecule has 1 aromatic carbocycles. The molecule has 0 saturated carbocycles. The number of halogens is 2. The van der Waals surface area contributed by atoms with Crippen LogP contribution < -0.4 is 9.80 Å². The van der Waals surface area contributed by atoms with Crippen molar-refractivity contribution in [3.05, 3.63) is 47.1 Å². The first-order valence-corrected chi connectivity index (χ1v) is 7.67. The van der Waals surface area contributed by atoms with Gasteiger partial charge in [0.05, 0.1) is 0 Å². The van der Waals surface area contributed by atoms with Gasteiger partial charge in [0, 0.05) is 37.4 Å². The number of nitrogens with zero attached hydrogens (tertiary/aromatic N) is 4. The van der Waals surface area contributed by atoms with Crippen molar-refractivity contribution in [2.75, 3.05) is 29.4 Å². The highest BCUT2D eigenvalue weighted by atomic mass is 79.9. The second kappa shape index (κ2) is 5.97. The van der Waals surface area contributed by atoms with E-state index in [0.29, 0.717) is 6.04 Å². The molecule has 6 heteroatoms. The van der Waals surface area contributed by atoms with E-state index >= 15 is 0 Å². The fraction of sp³-hybridized carbons (Fsp3) is 0.333. The molecule has 1 aliphatic rings. The van der Waals surface area contributed by atoms with Crippen molar-refractivity contribution in [1.82, 2.24) is 9.97 Å². The van der Waals surface area contributed by atoms with Gasteiger partial charge < -0.3 is 9.80 Å². The van der Waals surface area contributed by atoms with Crippen LogP contribution in [0.3, 0.4) is 0 Å². The molecule has 0 N–H and O–H groups in total. The predicted molar refractivity (Wildman–Crippen MR) is 85.2 cm³/mol. The van der Waals surface area contributed by atoms with Crippen LogP contribution in [-0.2, 0) is 0 Å². The number of piperazine rings is 1. The lowest BCUT2D eigenvalue weighted by atomic mass is 10.1. The van der Waals surface area contributed by atoms with Crippen LogP contribution in [0.1, 0.15) is 6.92 Å². The van der Waals surface area contributed by atoms with Gasteiger partial charge in [-0.1, -0.05) is 6.07 Å². The smallest absolute Gasteiger partial charge is 0.133 e. The van der Waals surface area contributed by atoms with Gasteiger partial charge in [0.15, 0.2) is 0 Å². The summed E-state index contributed by atoms with van der Waals surface area (Å²) >= 11 is 3.38. The second-order valence-electron chi connectivity index (χ2n) is 5.17. The van der Waals surface area contributed by atoms with Gasteiger partial charge >= 0.3 is 0 Å². The summed E-state index contributed by atoms with van der Waals surface area (Å²) in [5.41, 5.74) is 0.936. The Balaban J connectivity index is 1.75. The van der Waals surface area contributed by atoms with E-state index in [9.17, 15) is 4.39 Å². The molecule has 1 aromatic heterocycles. The molecular formula is C15H16BrFN4. The molecule has 2 aromatic rings. The standard InChI is InChI=1S/C15H16BrFN4/c1-11-9-20(13-4-2-3-12(17)7-13)5-6-21(11)15-8-14(16)18-10-19-15/h2-4,7-8,10-11H,5-6,9H2,1H3. The summed E-state index contributed by atoms with van der Waals surface area (Å²) in [6, 6.07) is 8.99. The van der Waals surface area contributed by atoms with Gasteiger partial charge in [0.2, 0.25) is 0 Å². The van der Waals surface area contributed by atoms with Gasteiger partial charge in [0.1, 0.15) is 22.6 Å². The Morgan fingerprint density at radius 1 is 1.24 bits per heavy atom. The van der Waals surface area contributed by atoms with Gasteiger partial charge in [-0.05, 0) is 41.1 Å². The zero-order valence-corrected chi connectivity index (χ0v) is 13.3. The van der Waals surface area contributed by atoms with Crippen molar-refractivity contribution < 1.29 is 4.39 Å². The largest absolute Gasteiger partial charge is 0.368 e. The van der Waals surface area contributed by atoms with Gasteiger partial charge in [0.25, 0.3) is 0 Å². The molecule has 0 radical (unpaired) electrons. The van der Waals surface area contributed by atoms with E-state index in [0.717, 1.165) is 35.7 Å². The summed E-state index contributed by atoms with van der Waals surface area (Å²) < 4.78 is 14.1. The normalized spacial score (nSPS) is 18.9. The van der Waals surface area contributed by atoms with Gasteiger partial charge in [-0.3, -0.25) is 0 Å². The highest BCUT2D eigenvalue weighted by Gasteiger charge is 2.25. The van der Waals surface area contributed by atoms with E-state index in [2.05, 4.69) is 42.6 Å². The zero-order chi connectivity index (χ0) is 14.8. The Kier molecular flexibility index (Phi) is 4.05. The van der Waals surface area contributed by atoms with E-state index in [-0.39, 0.29) is 5.82 Å². The van der Waals surface area contributed by atoms with Gasteiger partial charge in [-0.2, -0.15) is 0 Å². The fourth-order valence-corrected chi connectivity index (χ4v) is 2.98. The lowest BCUT2D eigenvalue weighted by molar-refractivity contribution is 0.543. The van der Waals surface area contributed by atoms with E-state index in [1.54, 1.807) is 18.5 Å². The Hall–Kier alpha value is -1.69. The van der Waals surface area contributed by atoms with E-state index in [4.69, 9.17) is 0 Å². The van der Waals surface area contributed by atoms with Crippen LogP contribution in [0.25, 0.3) is 0 Å². The monoisotopic (exact) mass is 350 g/mol. The average Bonchev–Trinajstić information content (AvgIpc) is 2.47. The molecule has 1 fully saturated rings. The number of rotatable bonds is 2. The van der Waals surface area contributed by atoms with Gasteiger partial charge in [-0.25, -0.2) is 14.4 Å². The first-order chi connectivity index (χ1) is 10.1. The van der Waals surface area contributed by atoms with Crippen molar-refractivity contribution in [3.8, 4) is 0 Å². The molecule has 0 spiro atoms. The molecule has 2 heterocycles. The molecule has 1 unspecified atom stereocenters. The molecule has 110 valence electrons. The summed E-state index contributed by atoms with van der Waals surface area (Å²) in [7, 11) is 0. The zero-order valence-electron chi connectivity index (χ0n) is 11.7. The molecule has 1 aliphatic heterocycles. The molecule has 0 bridgehead atoms. The maximum Gasteiger partial charge on any atom is 0.133 e. The molecule has 21 heavy (non-hydrogen) atoms. The number of anilines is 2. The SMILES string of the molecule is CC1CN(c2cccc(F)c2)CCN1c1cc(Br)ncn1. The van der Waals surface area contributed by atoms with E-state index < -0.39 is 0 Å². The Morgan fingerprint density at radius 2 is 2.10 bits per heavy atom. The van der Waals surface area contributed by atoms with Crippen molar-refractivity contribution in [3.63, 3.8) is 0 Å². The lowest BCUT2D eigenvalue weighted by Gasteiger charge is -2.41. The average molecular weight is 351 g/mol. The van der Waals surface area contributed by atoms with E-state index in [1.165, 1.54) is 6.07 Å². The summed E-state index contributed by atoms with van der Waals surface area (Å²) in [5.74, 6) is 0.727. The molecule has 4 nitrogen and oxygen atoms in total. The molecule has 3 rings (SSSR count). The van der Waals surface area contributed by atoms with Crippen molar-refractivity contribution in [2.45, 2.75) is 13.0 Å². The predicted octanol–water partition coefficient (Wildman–Crippen LogP) is 3.09. The minimum absolute atomic E-state index is 0.192. The van der Waals surface area contributed by atoms with Crippen LogP contribution in [0, 0.1) is 5.82 Å². The lowest BCUT2D eigenvalue weighted by Crippen LogP contribution is -2.52. The minimum atomic E-state index is -0.192. The highest BCUT2D eigenvalue weighted by Crippen LogP contribution is 2.24. The Morgan fingerprint density at radius 3 is 2.81 bits per heavy atom. The highest BCUT2D eigenvalue weighted by molar-refractivity contribution is 9.10. The fourth-order valence-electron chi connectivity index (χ4n) is 2.69. The van der Waals surface area contributed by atoms with Crippen LogP contribution in [0.2, 0.25) is 0 Å². The maximum absolute atomic E-state index is 13.3. The third-order valence-electron chi connectivity index (χ3n) is 3.71. The first-order valence-electron chi connectivity index (χ1n) is 6.88. The maximum atomic E-state index is 13.3. The van der Waals surface area contributed by atoms with Crippen LogP contribution in [0.4, 0.5) is 15.9 Å². The second-order valence-corrected chi connectivity index (χ2v) is 5.98. The number of benzene rings is 1. The topological polar surface area (TPSA) is 32.3 Å². The number of hydrogen-bond acceptors (Lipinski definition) is 4.